The Bertz CT molecular complexity index is 1110. The SMILES string of the molecule is COc1ccc(CCN(C[C@H](O)c2ccc(OCc3ccccc3)cc2)C(=O)C(C)(C)C)cc1OC. The van der Waals surface area contributed by atoms with Gasteiger partial charge in [-0.05, 0) is 47.4 Å². The van der Waals surface area contributed by atoms with Crippen molar-refractivity contribution < 1.29 is 24.1 Å². The molecule has 0 unspecified atom stereocenters. The van der Waals surface area contributed by atoms with Crippen molar-refractivity contribution in [2.75, 3.05) is 27.3 Å². The lowest BCUT2D eigenvalue weighted by Gasteiger charge is -2.31. The molecule has 3 aromatic rings. The van der Waals surface area contributed by atoms with Crippen LogP contribution in [0.1, 0.15) is 43.6 Å². The van der Waals surface area contributed by atoms with Crippen LogP contribution in [0.5, 0.6) is 17.2 Å². The minimum absolute atomic E-state index is 0.00941. The Kier molecular flexibility index (Phi) is 9.37. The minimum Gasteiger partial charge on any atom is -0.493 e. The Hall–Kier alpha value is -3.51. The van der Waals surface area contributed by atoms with Gasteiger partial charge in [0.05, 0.1) is 26.9 Å². The van der Waals surface area contributed by atoms with Crippen molar-refractivity contribution in [3.63, 3.8) is 0 Å². The Labute approximate surface area is 214 Å². The van der Waals surface area contributed by atoms with Crippen LogP contribution in [0.15, 0.2) is 72.8 Å². The number of hydrogen-bond donors (Lipinski definition) is 1. The van der Waals surface area contributed by atoms with Crippen molar-refractivity contribution in [2.45, 2.75) is 39.9 Å². The lowest BCUT2D eigenvalue weighted by Crippen LogP contribution is -2.42. The molecule has 0 heterocycles. The summed E-state index contributed by atoms with van der Waals surface area (Å²) in [6.45, 7) is 6.83. The number of nitrogens with zero attached hydrogens (tertiary/aromatic N) is 1. The molecule has 1 amide bonds. The van der Waals surface area contributed by atoms with Gasteiger partial charge in [0.2, 0.25) is 5.91 Å². The fourth-order valence-electron chi connectivity index (χ4n) is 3.89. The first-order chi connectivity index (χ1) is 17.2. The highest BCUT2D eigenvalue weighted by molar-refractivity contribution is 5.81. The lowest BCUT2D eigenvalue weighted by atomic mass is 9.94. The number of methoxy groups -OCH3 is 2. The van der Waals surface area contributed by atoms with E-state index in [1.807, 2.05) is 93.6 Å². The summed E-state index contributed by atoms with van der Waals surface area (Å²) in [7, 11) is 3.20. The molecular weight excluding hydrogens is 454 g/mol. The van der Waals surface area contributed by atoms with E-state index < -0.39 is 11.5 Å². The first-order valence-electron chi connectivity index (χ1n) is 12.2. The maximum atomic E-state index is 13.2. The predicted octanol–water partition coefficient (Wildman–Crippen LogP) is 5.43. The molecule has 192 valence electrons. The van der Waals surface area contributed by atoms with Gasteiger partial charge < -0.3 is 24.2 Å². The molecule has 0 aliphatic carbocycles. The summed E-state index contributed by atoms with van der Waals surface area (Å²) < 4.78 is 16.6. The van der Waals surface area contributed by atoms with Gasteiger partial charge in [0.1, 0.15) is 12.4 Å². The molecule has 0 saturated heterocycles. The Balaban J connectivity index is 1.66. The summed E-state index contributed by atoms with van der Waals surface area (Å²) in [5, 5.41) is 11.0. The second-order valence-corrected chi connectivity index (χ2v) is 9.80. The van der Waals surface area contributed by atoms with Crippen LogP contribution < -0.4 is 14.2 Å². The molecule has 3 aromatic carbocycles. The molecule has 6 heteroatoms. The fraction of sp³-hybridized carbons (Fsp3) is 0.367. The van der Waals surface area contributed by atoms with Crippen LogP contribution in [0.3, 0.4) is 0 Å². The second-order valence-electron chi connectivity index (χ2n) is 9.80. The highest BCUT2D eigenvalue weighted by Gasteiger charge is 2.29. The van der Waals surface area contributed by atoms with Gasteiger partial charge in [0, 0.05) is 12.0 Å². The molecule has 1 N–H and O–H groups in total. The summed E-state index contributed by atoms with van der Waals surface area (Å²) in [6, 6.07) is 23.1. The van der Waals surface area contributed by atoms with E-state index in [9.17, 15) is 9.90 Å². The molecule has 0 bridgehead atoms. The van der Waals surface area contributed by atoms with Gasteiger partial charge >= 0.3 is 0 Å². The van der Waals surface area contributed by atoms with E-state index in [1.165, 1.54) is 0 Å². The molecule has 0 radical (unpaired) electrons. The topological polar surface area (TPSA) is 68.2 Å². The van der Waals surface area contributed by atoms with Crippen molar-refractivity contribution in [2.24, 2.45) is 5.41 Å². The van der Waals surface area contributed by atoms with E-state index in [4.69, 9.17) is 14.2 Å². The molecule has 6 nitrogen and oxygen atoms in total. The van der Waals surface area contributed by atoms with E-state index in [-0.39, 0.29) is 12.5 Å². The molecule has 0 aromatic heterocycles. The number of ether oxygens (including phenoxy) is 3. The van der Waals surface area contributed by atoms with Gasteiger partial charge in [0.25, 0.3) is 0 Å². The van der Waals surface area contributed by atoms with Crippen LogP contribution in [0, 0.1) is 5.41 Å². The Morgan fingerprint density at radius 2 is 1.56 bits per heavy atom. The van der Waals surface area contributed by atoms with Crippen LogP contribution in [0.2, 0.25) is 0 Å². The van der Waals surface area contributed by atoms with E-state index >= 15 is 0 Å². The number of benzene rings is 3. The molecule has 0 saturated carbocycles. The van der Waals surface area contributed by atoms with Gasteiger partial charge in [-0.15, -0.1) is 0 Å². The number of carbonyl (C=O) groups excluding carboxylic acids is 1. The maximum Gasteiger partial charge on any atom is 0.228 e. The monoisotopic (exact) mass is 491 g/mol. The maximum absolute atomic E-state index is 13.2. The zero-order valence-corrected chi connectivity index (χ0v) is 21.9. The van der Waals surface area contributed by atoms with Crippen LogP contribution >= 0.6 is 0 Å². The third-order valence-electron chi connectivity index (χ3n) is 5.95. The fourth-order valence-corrected chi connectivity index (χ4v) is 3.89. The smallest absolute Gasteiger partial charge is 0.228 e. The first kappa shape index (κ1) is 27.1. The number of aliphatic hydroxyl groups is 1. The highest BCUT2D eigenvalue weighted by atomic mass is 16.5. The minimum atomic E-state index is -0.815. The molecule has 0 fully saturated rings. The summed E-state index contributed by atoms with van der Waals surface area (Å²) in [4.78, 5) is 14.9. The molecule has 3 rings (SSSR count). The van der Waals surface area contributed by atoms with Gasteiger partial charge in [-0.25, -0.2) is 0 Å². The molecule has 1 atom stereocenters. The lowest BCUT2D eigenvalue weighted by molar-refractivity contribution is -0.141. The number of rotatable bonds is 11. The first-order valence-corrected chi connectivity index (χ1v) is 12.2. The summed E-state index contributed by atoms with van der Waals surface area (Å²) in [6.07, 6.45) is -0.189. The summed E-state index contributed by atoms with van der Waals surface area (Å²) in [5.74, 6) is 2.03. The highest BCUT2D eigenvalue weighted by Crippen LogP contribution is 2.28. The zero-order valence-electron chi connectivity index (χ0n) is 21.9. The van der Waals surface area contributed by atoms with Crippen molar-refractivity contribution in [3.05, 3.63) is 89.5 Å². The average molecular weight is 492 g/mol. The van der Waals surface area contributed by atoms with Crippen LogP contribution in [0.25, 0.3) is 0 Å². The average Bonchev–Trinajstić information content (AvgIpc) is 2.89. The molecule has 0 aliphatic rings. The predicted molar refractivity (Wildman–Crippen MR) is 141 cm³/mol. The molecule has 0 spiro atoms. The normalized spacial score (nSPS) is 12.1. The third kappa shape index (κ3) is 7.49. The Morgan fingerprint density at radius 1 is 0.889 bits per heavy atom. The zero-order chi connectivity index (χ0) is 26.1. The second kappa shape index (κ2) is 12.5. The van der Waals surface area contributed by atoms with Gasteiger partial charge in [-0.3, -0.25) is 4.79 Å². The van der Waals surface area contributed by atoms with Crippen molar-refractivity contribution >= 4 is 5.91 Å². The van der Waals surface area contributed by atoms with Gasteiger partial charge in [-0.1, -0.05) is 69.3 Å². The van der Waals surface area contributed by atoms with E-state index in [2.05, 4.69) is 0 Å². The van der Waals surface area contributed by atoms with Gasteiger partial charge in [-0.2, -0.15) is 0 Å². The van der Waals surface area contributed by atoms with E-state index in [1.54, 1.807) is 19.1 Å². The quantitative estimate of drug-likeness (QED) is 0.387. The van der Waals surface area contributed by atoms with Crippen LogP contribution in [-0.4, -0.2) is 43.2 Å². The number of amides is 1. The van der Waals surface area contributed by atoms with Crippen molar-refractivity contribution in [1.82, 2.24) is 4.90 Å². The van der Waals surface area contributed by atoms with E-state index in [0.29, 0.717) is 31.1 Å². The standard InChI is InChI=1S/C30H37NO5/c1-30(2,3)29(33)31(18-17-22-11-16-27(34-4)28(19-22)35-5)20-26(32)24-12-14-25(15-13-24)36-21-23-9-7-6-8-10-23/h6-16,19,26,32H,17-18,20-21H2,1-5H3/t26-/m0/s1. The number of hydrogen-bond acceptors (Lipinski definition) is 5. The molecule has 0 aliphatic heterocycles. The number of aliphatic hydroxyl groups excluding tert-OH is 1. The largest absolute Gasteiger partial charge is 0.493 e. The van der Waals surface area contributed by atoms with Crippen molar-refractivity contribution in [1.29, 1.82) is 0 Å². The number of carbonyl (C=O) groups is 1. The van der Waals surface area contributed by atoms with Gasteiger partial charge in [0.15, 0.2) is 11.5 Å². The van der Waals surface area contributed by atoms with E-state index in [0.717, 1.165) is 22.4 Å². The Morgan fingerprint density at radius 3 is 2.17 bits per heavy atom. The molecular formula is C30H37NO5. The van der Waals surface area contributed by atoms with Crippen LogP contribution in [0.4, 0.5) is 0 Å². The molecule has 36 heavy (non-hydrogen) atoms. The van der Waals surface area contributed by atoms with Crippen LogP contribution in [-0.2, 0) is 17.8 Å². The third-order valence-corrected chi connectivity index (χ3v) is 5.95. The summed E-state index contributed by atoms with van der Waals surface area (Å²) in [5.41, 5.74) is 2.29. The summed E-state index contributed by atoms with van der Waals surface area (Å²) >= 11 is 0. The van der Waals surface area contributed by atoms with Crippen molar-refractivity contribution in [3.8, 4) is 17.2 Å².